The van der Waals surface area contributed by atoms with E-state index < -0.39 is 24.5 Å². The number of nitrogens with one attached hydrogen (secondary N) is 1. The molecule has 2 aliphatic rings. The third-order valence-electron chi connectivity index (χ3n) is 5.98. The maximum Gasteiger partial charge on any atom is 0.329 e. The normalized spacial score (nSPS) is 22.0. The summed E-state index contributed by atoms with van der Waals surface area (Å²) >= 11 is 0. The molecule has 2 fully saturated rings. The summed E-state index contributed by atoms with van der Waals surface area (Å²) in [5.74, 6) is -2.48. The van der Waals surface area contributed by atoms with Gasteiger partial charge in [0.2, 0.25) is 11.8 Å². The van der Waals surface area contributed by atoms with E-state index in [-0.39, 0.29) is 23.7 Å². The summed E-state index contributed by atoms with van der Waals surface area (Å²) in [5, 5.41) is 4.72. The van der Waals surface area contributed by atoms with Gasteiger partial charge in [0.1, 0.15) is 6.04 Å². The topological polar surface area (TPSA) is 92.8 Å². The quantitative estimate of drug-likeness (QED) is 0.607. The number of amides is 3. The molecule has 0 unspecified atom stereocenters. The van der Waals surface area contributed by atoms with Gasteiger partial charge < -0.3 is 10.1 Å². The molecule has 1 N–H and O–H groups in total. The van der Waals surface area contributed by atoms with Gasteiger partial charge in [0, 0.05) is 5.69 Å². The number of esters is 1. The number of rotatable bonds is 5. The number of likely N-dealkylation sites (tertiary alicyclic amines) is 1. The lowest BCUT2D eigenvalue weighted by atomic mass is 9.81. The summed E-state index contributed by atoms with van der Waals surface area (Å²) in [4.78, 5) is 50.8. The molecule has 3 atom stereocenters. The van der Waals surface area contributed by atoms with Crippen molar-refractivity contribution in [2.45, 2.75) is 38.6 Å². The monoisotopic (exact) mass is 408 g/mol. The fourth-order valence-corrected chi connectivity index (χ4v) is 4.40. The molecule has 30 heavy (non-hydrogen) atoms. The zero-order valence-corrected chi connectivity index (χ0v) is 16.8. The van der Waals surface area contributed by atoms with Crippen LogP contribution in [0.15, 0.2) is 42.5 Å². The van der Waals surface area contributed by atoms with Crippen LogP contribution in [0.25, 0.3) is 10.8 Å². The summed E-state index contributed by atoms with van der Waals surface area (Å²) in [6.07, 6.45) is 3.20. The van der Waals surface area contributed by atoms with E-state index in [1.807, 2.05) is 36.4 Å². The van der Waals surface area contributed by atoms with Crippen LogP contribution in [-0.2, 0) is 23.9 Å². The van der Waals surface area contributed by atoms with Crippen molar-refractivity contribution in [3.05, 3.63) is 42.5 Å². The Bertz CT molecular complexity index is 994. The first kappa shape index (κ1) is 20.1. The number of imide groups is 1. The van der Waals surface area contributed by atoms with Gasteiger partial charge in [0.25, 0.3) is 5.91 Å². The molecular formula is C23H24N2O5. The van der Waals surface area contributed by atoms with E-state index >= 15 is 0 Å². The molecule has 156 valence electrons. The van der Waals surface area contributed by atoms with Gasteiger partial charge in [-0.25, -0.2) is 4.79 Å². The molecule has 2 aromatic rings. The van der Waals surface area contributed by atoms with Crippen LogP contribution in [0.5, 0.6) is 0 Å². The van der Waals surface area contributed by atoms with Gasteiger partial charge in [0.15, 0.2) is 6.61 Å². The summed E-state index contributed by atoms with van der Waals surface area (Å²) in [7, 11) is 0. The van der Waals surface area contributed by atoms with Crippen LogP contribution in [0.1, 0.15) is 32.6 Å². The fraction of sp³-hybridized carbons (Fsp3) is 0.391. The number of hydrogen-bond donors (Lipinski definition) is 1. The number of hydrogen-bond acceptors (Lipinski definition) is 5. The summed E-state index contributed by atoms with van der Waals surface area (Å²) in [6.45, 7) is 0.982. The van der Waals surface area contributed by atoms with Gasteiger partial charge in [-0.1, -0.05) is 43.2 Å². The van der Waals surface area contributed by atoms with E-state index in [0.29, 0.717) is 18.5 Å². The van der Waals surface area contributed by atoms with E-state index in [9.17, 15) is 19.2 Å². The maximum atomic E-state index is 12.6. The number of benzene rings is 2. The molecular weight excluding hydrogens is 384 g/mol. The SMILES string of the molecule is C[C@@H](C(=O)OCC(=O)Nc1ccc2ccccc2c1)N1C(=O)[C@H]2CCCC[C@@H]2C1=O. The Labute approximate surface area is 174 Å². The standard InChI is InChI=1S/C23H24N2O5/c1-14(25-21(27)18-8-4-5-9-19(18)22(25)28)23(29)30-13-20(26)24-17-11-10-15-6-2-3-7-16(15)12-17/h2-3,6-7,10-12,14,18-19H,4-5,8-9,13H2,1H3,(H,24,26)/t14-,18-,19-/m0/s1. The molecule has 1 saturated carbocycles. The molecule has 1 saturated heterocycles. The number of ether oxygens (including phenoxy) is 1. The van der Waals surface area contributed by atoms with Crippen molar-refractivity contribution in [3.63, 3.8) is 0 Å². The predicted molar refractivity (Wildman–Crippen MR) is 110 cm³/mol. The zero-order chi connectivity index (χ0) is 21.3. The Morgan fingerprint density at radius 2 is 1.67 bits per heavy atom. The Kier molecular flexibility index (Phi) is 5.53. The van der Waals surface area contributed by atoms with Gasteiger partial charge >= 0.3 is 5.97 Å². The highest BCUT2D eigenvalue weighted by Crippen LogP contribution is 2.38. The summed E-state index contributed by atoms with van der Waals surface area (Å²) in [5.41, 5.74) is 0.594. The molecule has 4 rings (SSSR count). The molecule has 1 aliphatic heterocycles. The van der Waals surface area contributed by atoms with Crippen LogP contribution in [0.2, 0.25) is 0 Å². The van der Waals surface area contributed by atoms with E-state index in [4.69, 9.17) is 4.74 Å². The second kappa shape index (κ2) is 8.26. The molecule has 0 spiro atoms. The smallest absolute Gasteiger partial charge is 0.329 e. The largest absolute Gasteiger partial charge is 0.454 e. The van der Waals surface area contributed by atoms with Gasteiger partial charge in [-0.15, -0.1) is 0 Å². The molecule has 1 aliphatic carbocycles. The number of anilines is 1. The highest BCUT2D eigenvalue weighted by molar-refractivity contribution is 6.08. The minimum absolute atomic E-state index is 0.297. The van der Waals surface area contributed by atoms with Crippen LogP contribution in [0, 0.1) is 11.8 Å². The summed E-state index contributed by atoms with van der Waals surface area (Å²) in [6, 6.07) is 12.2. The van der Waals surface area contributed by atoms with Crippen LogP contribution in [0.3, 0.4) is 0 Å². The third-order valence-corrected chi connectivity index (χ3v) is 5.98. The van der Waals surface area contributed by atoms with Crippen molar-refractivity contribution in [1.82, 2.24) is 4.90 Å². The van der Waals surface area contributed by atoms with Gasteiger partial charge in [-0.05, 0) is 42.7 Å². The van der Waals surface area contributed by atoms with Crippen molar-refractivity contribution in [2.75, 3.05) is 11.9 Å². The molecule has 2 aromatic carbocycles. The van der Waals surface area contributed by atoms with Gasteiger partial charge in [0.05, 0.1) is 11.8 Å². The van der Waals surface area contributed by atoms with Crippen molar-refractivity contribution < 1.29 is 23.9 Å². The fourth-order valence-electron chi connectivity index (χ4n) is 4.40. The van der Waals surface area contributed by atoms with Gasteiger partial charge in [-0.2, -0.15) is 0 Å². The number of carbonyl (C=O) groups is 4. The maximum absolute atomic E-state index is 12.6. The Morgan fingerprint density at radius 3 is 2.33 bits per heavy atom. The Balaban J connectivity index is 1.33. The first-order chi connectivity index (χ1) is 14.5. The van der Waals surface area contributed by atoms with Crippen molar-refractivity contribution in [3.8, 4) is 0 Å². The van der Waals surface area contributed by atoms with E-state index in [0.717, 1.165) is 28.5 Å². The summed E-state index contributed by atoms with van der Waals surface area (Å²) < 4.78 is 5.09. The second-order valence-corrected chi connectivity index (χ2v) is 7.94. The molecule has 7 nitrogen and oxygen atoms in total. The highest BCUT2D eigenvalue weighted by atomic mass is 16.5. The van der Waals surface area contributed by atoms with Gasteiger partial charge in [-0.3, -0.25) is 19.3 Å². The molecule has 0 bridgehead atoms. The number of nitrogens with zero attached hydrogens (tertiary/aromatic N) is 1. The number of carbonyl (C=O) groups excluding carboxylic acids is 4. The van der Waals surface area contributed by atoms with Crippen molar-refractivity contribution >= 4 is 40.2 Å². The highest BCUT2D eigenvalue weighted by Gasteiger charge is 2.51. The van der Waals surface area contributed by atoms with Crippen molar-refractivity contribution in [1.29, 1.82) is 0 Å². The zero-order valence-electron chi connectivity index (χ0n) is 16.8. The van der Waals surface area contributed by atoms with E-state index in [1.165, 1.54) is 6.92 Å². The second-order valence-electron chi connectivity index (χ2n) is 7.94. The minimum Gasteiger partial charge on any atom is -0.454 e. The average molecular weight is 408 g/mol. The predicted octanol–water partition coefficient (Wildman–Crippen LogP) is 2.89. The average Bonchev–Trinajstić information content (AvgIpc) is 3.02. The Hall–Kier alpha value is -3.22. The first-order valence-electron chi connectivity index (χ1n) is 10.3. The van der Waals surface area contributed by atoms with Crippen LogP contribution >= 0.6 is 0 Å². The van der Waals surface area contributed by atoms with Crippen molar-refractivity contribution in [2.24, 2.45) is 11.8 Å². The van der Waals surface area contributed by atoms with Crippen LogP contribution in [0.4, 0.5) is 5.69 Å². The minimum atomic E-state index is -1.04. The van der Waals surface area contributed by atoms with Crippen LogP contribution in [-0.4, -0.2) is 41.2 Å². The Morgan fingerprint density at radius 1 is 1.03 bits per heavy atom. The molecule has 7 heteroatoms. The lowest BCUT2D eigenvalue weighted by Gasteiger charge is -2.21. The molecule has 3 amide bonds. The van der Waals surface area contributed by atoms with E-state index in [2.05, 4.69) is 5.32 Å². The van der Waals surface area contributed by atoms with E-state index in [1.54, 1.807) is 6.07 Å². The number of fused-ring (bicyclic) bond motifs is 2. The molecule has 0 radical (unpaired) electrons. The molecule has 1 heterocycles. The van der Waals surface area contributed by atoms with Crippen LogP contribution < -0.4 is 5.32 Å². The lowest BCUT2D eigenvalue weighted by molar-refractivity contribution is -0.159. The molecule has 0 aromatic heterocycles. The lowest BCUT2D eigenvalue weighted by Crippen LogP contribution is -2.45. The first-order valence-corrected chi connectivity index (χ1v) is 10.3. The third kappa shape index (κ3) is 3.79.